The average molecular weight is 243 g/mol. The highest BCUT2D eigenvalue weighted by molar-refractivity contribution is 5.76. The second kappa shape index (κ2) is 4.73. The minimum atomic E-state index is 0.406. The van der Waals surface area contributed by atoms with Gasteiger partial charge < -0.3 is 10.3 Å². The number of para-hydroxylation sites is 2. The zero-order valence-electron chi connectivity index (χ0n) is 11.0. The van der Waals surface area contributed by atoms with Crippen molar-refractivity contribution in [2.24, 2.45) is 5.73 Å². The Balaban J connectivity index is 2.11. The minimum Gasteiger partial charge on any atom is -0.330 e. The number of hydrogen-bond donors (Lipinski definition) is 1. The molecule has 0 spiro atoms. The van der Waals surface area contributed by atoms with Crippen molar-refractivity contribution in [3.05, 3.63) is 30.1 Å². The van der Waals surface area contributed by atoms with E-state index in [1.165, 1.54) is 24.2 Å². The number of aromatic nitrogens is 2. The molecule has 1 aliphatic carbocycles. The summed E-state index contributed by atoms with van der Waals surface area (Å²) in [5.41, 5.74) is 8.35. The molecular formula is C15H21N3. The Kier molecular flexibility index (Phi) is 3.08. The van der Waals surface area contributed by atoms with Gasteiger partial charge in [0.2, 0.25) is 0 Å². The molecule has 0 amide bonds. The molecule has 1 aromatic heterocycles. The van der Waals surface area contributed by atoms with Gasteiger partial charge in [0.25, 0.3) is 0 Å². The molecule has 2 N–H and O–H groups in total. The zero-order chi connectivity index (χ0) is 12.5. The van der Waals surface area contributed by atoms with E-state index in [2.05, 4.69) is 35.8 Å². The van der Waals surface area contributed by atoms with Gasteiger partial charge in [0.1, 0.15) is 5.82 Å². The third-order valence-corrected chi connectivity index (χ3v) is 3.82. The van der Waals surface area contributed by atoms with Crippen LogP contribution < -0.4 is 5.73 Å². The number of nitrogens with zero attached hydrogens (tertiary/aromatic N) is 2. The van der Waals surface area contributed by atoms with Gasteiger partial charge in [-0.2, -0.15) is 0 Å². The summed E-state index contributed by atoms with van der Waals surface area (Å²) < 4.78 is 2.45. The topological polar surface area (TPSA) is 43.8 Å². The normalized spacial score (nSPS) is 17.2. The highest BCUT2D eigenvalue weighted by Gasteiger charge is 2.30. The Labute approximate surface area is 108 Å². The van der Waals surface area contributed by atoms with Gasteiger partial charge in [-0.15, -0.1) is 0 Å². The Bertz CT molecular complexity index is 540. The van der Waals surface area contributed by atoms with Crippen molar-refractivity contribution in [1.82, 2.24) is 9.55 Å². The van der Waals surface area contributed by atoms with Crippen LogP contribution in [0.3, 0.4) is 0 Å². The van der Waals surface area contributed by atoms with Gasteiger partial charge in [0, 0.05) is 18.5 Å². The molecule has 3 nitrogen and oxygen atoms in total. The molecule has 0 bridgehead atoms. The van der Waals surface area contributed by atoms with E-state index in [0.717, 1.165) is 18.4 Å². The minimum absolute atomic E-state index is 0.406. The average Bonchev–Trinajstić information content (AvgIpc) is 3.16. The molecule has 0 aliphatic heterocycles. The van der Waals surface area contributed by atoms with E-state index < -0.39 is 0 Å². The molecule has 3 rings (SSSR count). The van der Waals surface area contributed by atoms with E-state index in [1.54, 1.807) is 0 Å². The molecule has 18 heavy (non-hydrogen) atoms. The molecule has 1 aromatic carbocycles. The molecule has 0 radical (unpaired) electrons. The van der Waals surface area contributed by atoms with Crippen LogP contribution in [0.2, 0.25) is 0 Å². The van der Waals surface area contributed by atoms with E-state index in [4.69, 9.17) is 10.7 Å². The standard InChI is InChI=1S/C15H21N3/c1-2-5-11(10-16)15-17-13-6-3-4-7-14(13)18(15)12-8-9-12/h3-4,6-7,11-12H,2,5,8-10,16H2,1H3. The largest absolute Gasteiger partial charge is 0.330 e. The van der Waals surface area contributed by atoms with Gasteiger partial charge in [-0.25, -0.2) is 4.98 Å². The van der Waals surface area contributed by atoms with Crippen molar-refractivity contribution in [3.63, 3.8) is 0 Å². The Hall–Kier alpha value is -1.35. The van der Waals surface area contributed by atoms with Gasteiger partial charge >= 0.3 is 0 Å². The fourth-order valence-corrected chi connectivity index (χ4v) is 2.77. The highest BCUT2D eigenvalue weighted by atomic mass is 15.1. The summed E-state index contributed by atoms with van der Waals surface area (Å²) in [5, 5.41) is 0. The van der Waals surface area contributed by atoms with E-state index in [9.17, 15) is 0 Å². The highest BCUT2D eigenvalue weighted by Crippen LogP contribution is 2.40. The second-order valence-corrected chi connectivity index (χ2v) is 5.28. The Morgan fingerprint density at radius 1 is 1.39 bits per heavy atom. The lowest BCUT2D eigenvalue weighted by Crippen LogP contribution is -2.17. The predicted octanol–water partition coefficient (Wildman–Crippen LogP) is 3.21. The summed E-state index contributed by atoms with van der Waals surface area (Å²) >= 11 is 0. The molecule has 1 saturated carbocycles. The molecule has 1 atom stereocenters. The lowest BCUT2D eigenvalue weighted by molar-refractivity contribution is 0.552. The smallest absolute Gasteiger partial charge is 0.114 e. The first kappa shape index (κ1) is 11.7. The quantitative estimate of drug-likeness (QED) is 0.876. The number of fused-ring (bicyclic) bond motifs is 1. The number of nitrogens with two attached hydrogens (primary N) is 1. The summed E-state index contributed by atoms with van der Waals surface area (Å²) in [6.07, 6.45) is 4.87. The van der Waals surface area contributed by atoms with Gasteiger partial charge in [-0.1, -0.05) is 25.5 Å². The van der Waals surface area contributed by atoms with Crippen LogP contribution in [0.1, 0.15) is 50.4 Å². The van der Waals surface area contributed by atoms with Gasteiger partial charge in [0.05, 0.1) is 11.0 Å². The van der Waals surface area contributed by atoms with Crippen molar-refractivity contribution < 1.29 is 0 Å². The fourth-order valence-electron chi connectivity index (χ4n) is 2.77. The van der Waals surface area contributed by atoms with Crippen molar-refractivity contribution in [2.75, 3.05) is 6.54 Å². The summed E-state index contributed by atoms with van der Waals surface area (Å²) in [5.74, 6) is 1.62. The SMILES string of the molecule is CCCC(CN)c1nc2ccccc2n1C1CC1. The van der Waals surface area contributed by atoms with Crippen LogP contribution >= 0.6 is 0 Å². The second-order valence-electron chi connectivity index (χ2n) is 5.28. The number of benzene rings is 1. The van der Waals surface area contributed by atoms with E-state index in [-0.39, 0.29) is 0 Å². The van der Waals surface area contributed by atoms with Crippen LogP contribution in [0.25, 0.3) is 11.0 Å². The molecule has 1 fully saturated rings. The summed E-state index contributed by atoms with van der Waals surface area (Å²) in [4.78, 5) is 4.85. The molecule has 1 unspecified atom stereocenters. The molecule has 0 saturated heterocycles. The lowest BCUT2D eigenvalue weighted by Gasteiger charge is -2.15. The first-order valence-corrected chi connectivity index (χ1v) is 7.02. The molecule has 1 aliphatic rings. The van der Waals surface area contributed by atoms with Gasteiger partial charge in [-0.3, -0.25) is 0 Å². The van der Waals surface area contributed by atoms with Crippen LogP contribution in [-0.2, 0) is 0 Å². The maximum absolute atomic E-state index is 5.95. The molecule has 1 heterocycles. The first-order valence-electron chi connectivity index (χ1n) is 7.02. The van der Waals surface area contributed by atoms with Gasteiger partial charge in [-0.05, 0) is 31.4 Å². The van der Waals surface area contributed by atoms with Crippen LogP contribution in [0.4, 0.5) is 0 Å². The van der Waals surface area contributed by atoms with Crippen LogP contribution in [-0.4, -0.2) is 16.1 Å². The van der Waals surface area contributed by atoms with Gasteiger partial charge in [0.15, 0.2) is 0 Å². The predicted molar refractivity (Wildman–Crippen MR) is 74.7 cm³/mol. The van der Waals surface area contributed by atoms with Crippen molar-refractivity contribution in [1.29, 1.82) is 0 Å². The fraction of sp³-hybridized carbons (Fsp3) is 0.533. The molecule has 3 heteroatoms. The zero-order valence-corrected chi connectivity index (χ0v) is 11.0. The van der Waals surface area contributed by atoms with E-state index in [1.807, 2.05) is 0 Å². The summed E-state index contributed by atoms with van der Waals surface area (Å²) in [6, 6.07) is 9.12. The van der Waals surface area contributed by atoms with Crippen LogP contribution in [0.15, 0.2) is 24.3 Å². The summed E-state index contributed by atoms with van der Waals surface area (Å²) in [7, 11) is 0. The monoisotopic (exact) mass is 243 g/mol. The van der Waals surface area contributed by atoms with Crippen molar-refractivity contribution in [3.8, 4) is 0 Å². The maximum atomic E-state index is 5.95. The molecule has 96 valence electrons. The van der Waals surface area contributed by atoms with E-state index >= 15 is 0 Å². The van der Waals surface area contributed by atoms with Crippen LogP contribution in [0, 0.1) is 0 Å². The first-order chi connectivity index (χ1) is 8.85. The third kappa shape index (κ3) is 1.93. The van der Waals surface area contributed by atoms with Crippen molar-refractivity contribution in [2.45, 2.75) is 44.6 Å². The number of imidazole rings is 1. The third-order valence-electron chi connectivity index (χ3n) is 3.82. The molecule has 2 aromatic rings. The summed E-state index contributed by atoms with van der Waals surface area (Å²) in [6.45, 7) is 2.91. The molecular weight excluding hydrogens is 222 g/mol. The Morgan fingerprint density at radius 3 is 2.83 bits per heavy atom. The number of hydrogen-bond acceptors (Lipinski definition) is 2. The Morgan fingerprint density at radius 2 is 2.17 bits per heavy atom. The van der Waals surface area contributed by atoms with E-state index in [0.29, 0.717) is 18.5 Å². The van der Waals surface area contributed by atoms with Crippen LogP contribution in [0.5, 0.6) is 0 Å². The van der Waals surface area contributed by atoms with Crippen molar-refractivity contribution >= 4 is 11.0 Å². The lowest BCUT2D eigenvalue weighted by atomic mass is 10.0. The maximum Gasteiger partial charge on any atom is 0.114 e. The number of rotatable bonds is 5.